The molecule has 26 heavy (non-hydrogen) atoms. The lowest BCUT2D eigenvalue weighted by Crippen LogP contribution is -2.04. The molecule has 4 nitrogen and oxygen atoms in total. The molecule has 0 fully saturated rings. The molecule has 0 aliphatic carbocycles. The van der Waals surface area contributed by atoms with E-state index in [1.54, 1.807) is 0 Å². The topological polar surface area (TPSA) is 47.0 Å². The molecule has 0 radical (unpaired) electrons. The lowest BCUT2D eigenvalue weighted by molar-refractivity contribution is 0.146. The average molecular weight is 376 g/mol. The quantitative estimate of drug-likeness (QED) is 0.593. The molecular weight excluding hydrogens is 360 g/mol. The van der Waals surface area contributed by atoms with Gasteiger partial charge in [-0.15, -0.1) is 0 Å². The predicted octanol–water partition coefficient (Wildman–Crippen LogP) is 5.78. The molecule has 0 bridgehead atoms. The van der Waals surface area contributed by atoms with Crippen LogP contribution in [-0.2, 0) is 6.54 Å². The molecule has 1 N–H and O–H groups in total. The number of alkyl halides is 2. The molecule has 7 heteroatoms. The Morgan fingerprint density at radius 2 is 1.62 bits per heavy atom. The van der Waals surface area contributed by atoms with Crippen molar-refractivity contribution in [3.63, 3.8) is 0 Å². The third-order valence-corrected chi connectivity index (χ3v) is 4.04. The van der Waals surface area contributed by atoms with Crippen LogP contribution in [0.4, 0.5) is 14.6 Å². The fourth-order valence-electron chi connectivity index (χ4n) is 2.26. The van der Waals surface area contributed by atoms with Crippen LogP contribution in [0.2, 0.25) is 5.02 Å². The van der Waals surface area contributed by atoms with Crippen LogP contribution in [0, 0.1) is 6.92 Å². The molecule has 0 amide bonds. The van der Waals surface area contributed by atoms with Gasteiger partial charge in [-0.3, -0.25) is 0 Å². The molecule has 0 unspecified atom stereocenters. The van der Waals surface area contributed by atoms with Crippen LogP contribution in [0.5, 0.6) is 11.5 Å². The van der Waals surface area contributed by atoms with E-state index in [1.165, 1.54) is 0 Å². The number of halogens is 3. The SMILES string of the molecule is Cc1ccc(Oc2ccc(CNc3ncnc(C(F)F)c3Cl)cc2)cc1. The Morgan fingerprint density at radius 3 is 2.23 bits per heavy atom. The maximum Gasteiger partial charge on any atom is 0.282 e. The van der Waals surface area contributed by atoms with E-state index < -0.39 is 12.1 Å². The Kier molecular flexibility index (Phi) is 5.63. The second-order valence-electron chi connectivity index (χ2n) is 5.63. The van der Waals surface area contributed by atoms with E-state index in [0.717, 1.165) is 23.2 Å². The first-order valence-corrected chi connectivity index (χ1v) is 8.26. The van der Waals surface area contributed by atoms with Crippen LogP contribution in [0.1, 0.15) is 23.2 Å². The number of aromatic nitrogens is 2. The number of ether oxygens (including phenoxy) is 1. The van der Waals surface area contributed by atoms with E-state index in [2.05, 4.69) is 15.3 Å². The summed E-state index contributed by atoms with van der Waals surface area (Å²) in [6, 6.07) is 15.2. The van der Waals surface area contributed by atoms with E-state index in [4.69, 9.17) is 16.3 Å². The highest BCUT2D eigenvalue weighted by molar-refractivity contribution is 6.33. The average Bonchev–Trinajstić information content (AvgIpc) is 2.64. The monoisotopic (exact) mass is 375 g/mol. The summed E-state index contributed by atoms with van der Waals surface area (Å²) in [5, 5.41) is 2.78. The molecule has 1 aromatic heterocycles. The Morgan fingerprint density at radius 1 is 1.00 bits per heavy atom. The second-order valence-corrected chi connectivity index (χ2v) is 6.01. The summed E-state index contributed by atoms with van der Waals surface area (Å²) >= 11 is 5.91. The fraction of sp³-hybridized carbons (Fsp3) is 0.158. The highest BCUT2D eigenvalue weighted by Gasteiger charge is 2.17. The van der Waals surface area contributed by atoms with Crippen molar-refractivity contribution >= 4 is 17.4 Å². The van der Waals surface area contributed by atoms with Gasteiger partial charge >= 0.3 is 0 Å². The summed E-state index contributed by atoms with van der Waals surface area (Å²) in [5.74, 6) is 1.64. The fourth-order valence-corrected chi connectivity index (χ4v) is 2.51. The van der Waals surface area contributed by atoms with Gasteiger partial charge in [0.2, 0.25) is 0 Å². The van der Waals surface area contributed by atoms with Gasteiger partial charge in [-0.25, -0.2) is 18.7 Å². The summed E-state index contributed by atoms with van der Waals surface area (Å²) in [5.41, 5.74) is 1.61. The van der Waals surface area contributed by atoms with Crippen molar-refractivity contribution in [2.24, 2.45) is 0 Å². The summed E-state index contributed by atoms with van der Waals surface area (Å²) in [4.78, 5) is 7.41. The summed E-state index contributed by atoms with van der Waals surface area (Å²) in [6.45, 7) is 2.39. The Balaban J connectivity index is 1.63. The van der Waals surface area contributed by atoms with Gasteiger partial charge < -0.3 is 10.1 Å². The molecule has 0 saturated carbocycles. The molecule has 0 spiro atoms. The number of nitrogens with one attached hydrogen (secondary N) is 1. The molecule has 0 aliphatic rings. The van der Waals surface area contributed by atoms with Gasteiger partial charge in [0.05, 0.1) is 0 Å². The lowest BCUT2D eigenvalue weighted by atomic mass is 10.2. The number of rotatable bonds is 6. The van der Waals surface area contributed by atoms with Gasteiger partial charge in [0, 0.05) is 6.54 Å². The first-order valence-electron chi connectivity index (χ1n) is 7.89. The Labute approximate surface area is 154 Å². The van der Waals surface area contributed by atoms with Gasteiger partial charge in [0.1, 0.15) is 34.4 Å². The second kappa shape index (κ2) is 8.10. The summed E-state index contributed by atoms with van der Waals surface area (Å²) in [6.07, 6.45) is -1.68. The van der Waals surface area contributed by atoms with Crippen molar-refractivity contribution in [2.45, 2.75) is 19.9 Å². The third kappa shape index (κ3) is 4.46. The van der Waals surface area contributed by atoms with Crippen LogP contribution in [0.3, 0.4) is 0 Å². The first kappa shape index (κ1) is 18.1. The van der Waals surface area contributed by atoms with Crippen molar-refractivity contribution in [3.05, 3.63) is 76.7 Å². The van der Waals surface area contributed by atoms with Crippen molar-refractivity contribution in [3.8, 4) is 11.5 Å². The number of nitrogens with zero attached hydrogens (tertiary/aromatic N) is 2. The largest absolute Gasteiger partial charge is 0.457 e. The van der Waals surface area contributed by atoms with Crippen LogP contribution in [-0.4, -0.2) is 9.97 Å². The predicted molar refractivity (Wildman–Crippen MR) is 97.0 cm³/mol. The molecule has 2 aromatic carbocycles. The van der Waals surface area contributed by atoms with Gasteiger partial charge in [-0.2, -0.15) is 0 Å². The van der Waals surface area contributed by atoms with Crippen LogP contribution in [0.15, 0.2) is 54.9 Å². The summed E-state index contributed by atoms with van der Waals surface area (Å²) in [7, 11) is 0. The normalized spacial score (nSPS) is 10.8. The molecule has 134 valence electrons. The smallest absolute Gasteiger partial charge is 0.282 e. The number of aryl methyl sites for hydroxylation is 1. The van der Waals surface area contributed by atoms with Crippen LogP contribution >= 0.6 is 11.6 Å². The zero-order valence-corrected chi connectivity index (χ0v) is 14.7. The number of benzene rings is 2. The van der Waals surface area contributed by atoms with Gasteiger partial charge in [-0.1, -0.05) is 41.4 Å². The third-order valence-electron chi connectivity index (χ3n) is 3.66. The molecule has 0 saturated heterocycles. The van der Waals surface area contributed by atoms with Crippen LogP contribution in [0.25, 0.3) is 0 Å². The molecular formula is C19H16ClF2N3O. The highest BCUT2D eigenvalue weighted by Crippen LogP contribution is 2.29. The highest BCUT2D eigenvalue weighted by atomic mass is 35.5. The minimum absolute atomic E-state index is 0.165. The van der Waals surface area contributed by atoms with E-state index in [9.17, 15) is 8.78 Å². The van der Waals surface area contributed by atoms with Crippen molar-refractivity contribution < 1.29 is 13.5 Å². The van der Waals surface area contributed by atoms with E-state index in [-0.39, 0.29) is 10.8 Å². The maximum absolute atomic E-state index is 12.8. The van der Waals surface area contributed by atoms with E-state index in [1.807, 2.05) is 55.5 Å². The molecule has 3 rings (SSSR count). The standard InChI is InChI=1S/C19H16ClF2N3O/c1-12-2-6-14(7-3-12)26-15-8-4-13(5-9-15)10-23-19-16(20)17(18(21)22)24-11-25-19/h2-9,11,18H,10H2,1H3,(H,23,24,25). The minimum atomic E-state index is -2.75. The minimum Gasteiger partial charge on any atom is -0.457 e. The summed E-state index contributed by atoms with van der Waals surface area (Å²) < 4.78 is 31.4. The first-order chi connectivity index (χ1) is 12.5. The van der Waals surface area contributed by atoms with Gasteiger partial charge in [0.25, 0.3) is 6.43 Å². The Bertz CT molecular complexity index is 871. The zero-order chi connectivity index (χ0) is 18.5. The van der Waals surface area contributed by atoms with Crippen molar-refractivity contribution in [1.29, 1.82) is 0 Å². The lowest BCUT2D eigenvalue weighted by Gasteiger charge is -2.10. The number of hydrogen-bond donors (Lipinski definition) is 1. The van der Waals surface area contributed by atoms with Crippen molar-refractivity contribution in [1.82, 2.24) is 9.97 Å². The van der Waals surface area contributed by atoms with Gasteiger partial charge in [-0.05, 0) is 36.8 Å². The molecule has 3 aromatic rings. The Hall–Kier alpha value is -2.73. The maximum atomic E-state index is 12.8. The molecule has 1 heterocycles. The molecule has 0 aliphatic heterocycles. The number of hydrogen-bond acceptors (Lipinski definition) is 4. The van der Waals surface area contributed by atoms with E-state index in [0.29, 0.717) is 12.3 Å². The van der Waals surface area contributed by atoms with E-state index >= 15 is 0 Å². The zero-order valence-electron chi connectivity index (χ0n) is 13.9. The van der Waals surface area contributed by atoms with Crippen molar-refractivity contribution in [2.75, 3.05) is 5.32 Å². The molecule has 0 atom stereocenters. The van der Waals surface area contributed by atoms with Crippen LogP contribution < -0.4 is 10.1 Å². The van der Waals surface area contributed by atoms with Gasteiger partial charge in [0.15, 0.2) is 0 Å². The number of anilines is 1.